The third-order valence-corrected chi connectivity index (χ3v) is 0.885. The smallest absolute Gasteiger partial charge is 0.235 e. The van der Waals surface area contributed by atoms with Gasteiger partial charge in [0.25, 0.3) is 0 Å². The summed E-state index contributed by atoms with van der Waals surface area (Å²) in [6.07, 6.45) is 1.88. The summed E-state index contributed by atoms with van der Waals surface area (Å²) in [5.74, 6) is 0. The van der Waals surface area contributed by atoms with E-state index in [-0.39, 0.29) is 5.69 Å². The SMILES string of the molecule is N#Cc1ccnn1C=O. The zero-order valence-electron chi connectivity index (χ0n) is 4.48. The lowest BCUT2D eigenvalue weighted by Crippen LogP contribution is -1.98. The van der Waals surface area contributed by atoms with Crippen molar-refractivity contribution < 1.29 is 4.79 Å². The van der Waals surface area contributed by atoms with E-state index in [0.29, 0.717) is 6.41 Å². The molecule has 0 radical (unpaired) electrons. The van der Waals surface area contributed by atoms with Gasteiger partial charge in [-0.05, 0) is 6.07 Å². The molecule has 0 saturated carbocycles. The predicted molar refractivity (Wildman–Crippen MR) is 29.1 cm³/mol. The average Bonchev–Trinajstić information content (AvgIpc) is 2.33. The summed E-state index contributed by atoms with van der Waals surface area (Å²) in [4.78, 5) is 10.00. The van der Waals surface area contributed by atoms with E-state index in [1.165, 1.54) is 12.3 Å². The van der Waals surface area contributed by atoms with Crippen molar-refractivity contribution in [3.05, 3.63) is 18.0 Å². The molecule has 0 N–H and O–H groups in total. The Morgan fingerprint density at radius 3 is 3.11 bits per heavy atom. The second kappa shape index (κ2) is 2.09. The van der Waals surface area contributed by atoms with E-state index in [2.05, 4.69) is 5.10 Å². The lowest BCUT2D eigenvalue weighted by atomic mass is 10.5. The van der Waals surface area contributed by atoms with Gasteiger partial charge in [-0.25, -0.2) is 0 Å². The molecule has 4 heteroatoms. The lowest BCUT2D eigenvalue weighted by Gasteiger charge is -1.83. The molecule has 1 rings (SSSR count). The minimum atomic E-state index is 0.255. The van der Waals surface area contributed by atoms with E-state index in [1.54, 1.807) is 6.07 Å². The van der Waals surface area contributed by atoms with E-state index in [1.807, 2.05) is 0 Å². The van der Waals surface area contributed by atoms with Gasteiger partial charge < -0.3 is 0 Å². The van der Waals surface area contributed by atoms with Crippen molar-refractivity contribution >= 4 is 6.41 Å². The van der Waals surface area contributed by atoms with Crippen molar-refractivity contribution in [1.29, 1.82) is 5.26 Å². The minimum absolute atomic E-state index is 0.255. The molecule has 1 aromatic heterocycles. The molecule has 4 nitrogen and oxygen atoms in total. The van der Waals surface area contributed by atoms with Crippen LogP contribution in [0.1, 0.15) is 5.69 Å². The molecule has 0 fully saturated rings. The van der Waals surface area contributed by atoms with E-state index < -0.39 is 0 Å². The first-order valence-corrected chi connectivity index (χ1v) is 2.27. The summed E-state index contributed by atoms with van der Waals surface area (Å²) in [6, 6.07) is 3.26. The summed E-state index contributed by atoms with van der Waals surface area (Å²) < 4.78 is 0.972. The predicted octanol–water partition coefficient (Wildman–Crippen LogP) is -0.207. The van der Waals surface area contributed by atoms with Crippen LogP contribution in [0.5, 0.6) is 0 Å². The molecule has 0 amide bonds. The highest BCUT2D eigenvalue weighted by Gasteiger charge is 1.95. The molecule has 44 valence electrons. The summed E-state index contributed by atoms with van der Waals surface area (Å²) in [5.41, 5.74) is 0.255. The molecule has 0 saturated heterocycles. The maximum Gasteiger partial charge on any atom is 0.235 e. The molecule has 0 aliphatic heterocycles. The van der Waals surface area contributed by atoms with E-state index in [4.69, 9.17) is 5.26 Å². The van der Waals surface area contributed by atoms with Crippen molar-refractivity contribution in [2.45, 2.75) is 0 Å². The Morgan fingerprint density at radius 1 is 1.89 bits per heavy atom. The number of hydrogen-bond acceptors (Lipinski definition) is 3. The van der Waals surface area contributed by atoms with Crippen molar-refractivity contribution in [3.8, 4) is 6.07 Å². The zero-order chi connectivity index (χ0) is 6.69. The van der Waals surface area contributed by atoms with E-state index >= 15 is 0 Å². The zero-order valence-corrected chi connectivity index (χ0v) is 4.48. The topological polar surface area (TPSA) is 58.7 Å². The molecule has 9 heavy (non-hydrogen) atoms. The van der Waals surface area contributed by atoms with Gasteiger partial charge in [0.2, 0.25) is 6.41 Å². The minimum Gasteiger partial charge on any atom is -0.276 e. The van der Waals surface area contributed by atoms with Crippen LogP contribution < -0.4 is 0 Å². The van der Waals surface area contributed by atoms with Gasteiger partial charge >= 0.3 is 0 Å². The highest BCUT2D eigenvalue weighted by Crippen LogP contribution is 1.90. The fourth-order valence-corrected chi connectivity index (χ4v) is 0.487. The van der Waals surface area contributed by atoms with Crippen LogP contribution in [0.4, 0.5) is 0 Å². The maximum atomic E-state index is 10.00. The Balaban J connectivity index is 3.17. The van der Waals surface area contributed by atoms with Crippen LogP contribution in [0.3, 0.4) is 0 Å². The van der Waals surface area contributed by atoms with Gasteiger partial charge in [-0.2, -0.15) is 15.0 Å². The number of aromatic nitrogens is 2. The van der Waals surface area contributed by atoms with Gasteiger partial charge in [0.05, 0.1) is 6.20 Å². The highest BCUT2D eigenvalue weighted by atomic mass is 16.1. The van der Waals surface area contributed by atoms with Crippen LogP contribution >= 0.6 is 0 Å². The fourth-order valence-electron chi connectivity index (χ4n) is 0.487. The Hall–Kier alpha value is -1.63. The first kappa shape index (κ1) is 5.51. The van der Waals surface area contributed by atoms with Crippen LogP contribution in [0.15, 0.2) is 12.3 Å². The number of nitrogens with zero attached hydrogens (tertiary/aromatic N) is 3. The normalized spacial score (nSPS) is 8.33. The number of nitriles is 1. The highest BCUT2D eigenvalue weighted by molar-refractivity contribution is 5.53. The standard InChI is InChI=1S/C5H3N3O/c6-3-5-1-2-7-8(5)4-9/h1-2,4H. The number of carbonyl (C=O) groups excluding carboxylic acids is 1. The third-order valence-electron chi connectivity index (χ3n) is 0.885. The first-order valence-electron chi connectivity index (χ1n) is 2.27. The van der Waals surface area contributed by atoms with Gasteiger partial charge in [-0.15, -0.1) is 0 Å². The Bertz CT molecular complexity index is 257. The number of carbonyl (C=O) groups is 1. The summed E-state index contributed by atoms with van der Waals surface area (Å²) >= 11 is 0. The molecular formula is C5H3N3O. The third kappa shape index (κ3) is 0.795. The van der Waals surface area contributed by atoms with Crippen LogP contribution in [0.25, 0.3) is 0 Å². The second-order valence-electron chi connectivity index (χ2n) is 1.38. The first-order chi connectivity index (χ1) is 4.38. The number of hydrogen-bond donors (Lipinski definition) is 0. The van der Waals surface area contributed by atoms with Crippen LogP contribution in [0.2, 0.25) is 0 Å². The molecule has 0 aliphatic rings. The fraction of sp³-hybridized carbons (Fsp3) is 0. The lowest BCUT2D eigenvalue weighted by molar-refractivity contribution is 0.540. The monoisotopic (exact) mass is 121 g/mol. The summed E-state index contributed by atoms with van der Waals surface area (Å²) in [7, 11) is 0. The Kier molecular flexibility index (Phi) is 1.28. The molecule has 0 atom stereocenters. The van der Waals surface area contributed by atoms with E-state index in [9.17, 15) is 4.79 Å². The largest absolute Gasteiger partial charge is 0.276 e. The molecule has 1 heterocycles. The van der Waals surface area contributed by atoms with Crippen LogP contribution in [-0.4, -0.2) is 16.2 Å². The van der Waals surface area contributed by atoms with Crippen molar-refractivity contribution in [2.75, 3.05) is 0 Å². The maximum absolute atomic E-state index is 10.00. The molecule has 0 bridgehead atoms. The van der Waals surface area contributed by atoms with Crippen LogP contribution in [0, 0.1) is 11.3 Å². The van der Waals surface area contributed by atoms with Crippen molar-refractivity contribution in [3.63, 3.8) is 0 Å². The Labute approximate surface area is 51.3 Å². The van der Waals surface area contributed by atoms with Gasteiger partial charge in [0, 0.05) is 0 Å². The average molecular weight is 121 g/mol. The van der Waals surface area contributed by atoms with Crippen molar-refractivity contribution in [2.24, 2.45) is 0 Å². The van der Waals surface area contributed by atoms with E-state index in [0.717, 1.165) is 4.68 Å². The Morgan fingerprint density at radius 2 is 2.67 bits per heavy atom. The number of rotatable bonds is 1. The molecule has 1 aromatic rings. The quantitative estimate of drug-likeness (QED) is 0.483. The van der Waals surface area contributed by atoms with Crippen molar-refractivity contribution in [1.82, 2.24) is 9.78 Å². The summed E-state index contributed by atoms with van der Waals surface area (Å²) in [5, 5.41) is 11.8. The summed E-state index contributed by atoms with van der Waals surface area (Å²) in [6.45, 7) is 0. The second-order valence-corrected chi connectivity index (χ2v) is 1.38. The van der Waals surface area contributed by atoms with Crippen LogP contribution in [-0.2, 0) is 4.79 Å². The molecule has 0 unspecified atom stereocenters. The molecule has 0 spiro atoms. The van der Waals surface area contributed by atoms with Gasteiger partial charge in [-0.1, -0.05) is 0 Å². The van der Waals surface area contributed by atoms with Gasteiger partial charge in [0.15, 0.2) is 0 Å². The molecular weight excluding hydrogens is 118 g/mol. The molecule has 0 aliphatic carbocycles. The van der Waals surface area contributed by atoms with Gasteiger partial charge in [0.1, 0.15) is 11.8 Å². The van der Waals surface area contributed by atoms with Gasteiger partial charge in [-0.3, -0.25) is 4.79 Å². The molecule has 0 aromatic carbocycles.